The molecule has 0 saturated heterocycles. The normalized spacial score (nSPS) is 39.9. The van der Waals surface area contributed by atoms with E-state index < -0.39 is 0 Å². The molecule has 1 rings (SSSR count). The van der Waals surface area contributed by atoms with Gasteiger partial charge in [-0.1, -0.05) is 39.5 Å². The zero-order valence-corrected chi connectivity index (χ0v) is 7.65. The van der Waals surface area contributed by atoms with Gasteiger partial charge in [-0.2, -0.15) is 12.3 Å². The van der Waals surface area contributed by atoms with Crippen molar-refractivity contribution in [3.63, 3.8) is 0 Å². The van der Waals surface area contributed by atoms with Gasteiger partial charge in [-0.05, 0) is 5.92 Å². The first-order valence-corrected chi connectivity index (χ1v) is 4.38. The molecule has 1 saturated carbocycles. The summed E-state index contributed by atoms with van der Waals surface area (Å²) in [6.45, 7) is 9.39. The van der Waals surface area contributed by atoms with Crippen LogP contribution in [-0.4, -0.2) is 0 Å². The van der Waals surface area contributed by atoms with E-state index in [0.717, 1.165) is 11.8 Å². The molecular formula is C10H19-. The Hall–Kier alpha value is 0. The zero-order chi connectivity index (χ0) is 7.78. The van der Waals surface area contributed by atoms with E-state index in [0.29, 0.717) is 5.41 Å². The minimum absolute atomic E-state index is 0.647. The van der Waals surface area contributed by atoms with E-state index in [4.69, 9.17) is 0 Å². The largest absolute Gasteiger partial charge is 0.325 e. The Labute approximate surface area is 65.0 Å². The van der Waals surface area contributed by atoms with Gasteiger partial charge in [-0.3, -0.25) is 0 Å². The molecule has 1 aliphatic rings. The van der Waals surface area contributed by atoms with E-state index in [2.05, 4.69) is 34.1 Å². The molecule has 0 heterocycles. The predicted molar refractivity (Wildman–Crippen MR) is 45.6 cm³/mol. The molecule has 10 heavy (non-hydrogen) atoms. The van der Waals surface area contributed by atoms with Crippen LogP contribution in [0.25, 0.3) is 0 Å². The van der Waals surface area contributed by atoms with Crippen LogP contribution in [0.5, 0.6) is 0 Å². The maximum absolute atomic E-state index is 2.43. The first-order valence-electron chi connectivity index (χ1n) is 4.38. The van der Waals surface area contributed by atoms with Crippen molar-refractivity contribution in [3.8, 4) is 0 Å². The average molecular weight is 139 g/mol. The van der Waals surface area contributed by atoms with E-state index in [-0.39, 0.29) is 0 Å². The van der Waals surface area contributed by atoms with Gasteiger partial charge in [0.15, 0.2) is 0 Å². The maximum atomic E-state index is 2.43. The van der Waals surface area contributed by atoms with E-state index in [9.17, 15) is 0 Å². The van der Waals surface area contributed by atoms with Crippen molar-refractivity contribution in [2.24, 2.45) is 17.3 Å². The lowest BCUT2D eigenvalue weighted by Crippen LogP contribution is -2.37. The Balaban J connectivity index is 2.38. The van der Waals surface area contributed by atoms with Crippen LogP contribution in [0.2, 0.25) is 0 Å². The molecular weight excluding hydrogens is 120 g/mol. The summed E-state index contributed by atoms with van der Waals surface area (Å²) in [5, 5.41) is 0. The van der Waals surface area contributed by atoms with Gasteiger partial charge in [0.05, 0.1) is 0 Å². The lowest BCUT2D eigenvalue weighted by molar-refractivity contribution is 0.103. The van der Waals surface area contributed by atoms with Gasteiger partial charge in [0.2, 0.25) is 0 Å². The van der Waals surface area contributed by atoms with E-state index >= 15 is 0 Å². The summed E-state index contributed by atoms with van der Waals surface area (Å²) in [4.78, 5) is 0. The molecule has 1 fully saturated rings. The standard InChI is InChI=1S/C10H19/c1-8(2)7-10(4)6-5-9(10)3/h5,8-9H,6-7H2,1-4H3/q-1. The van der Waals surface area contributed by atoms with Crippen LogP contribution >= 0.6 is 0 Å². The molecule has 0 aromatic carbocycles. The minimum Gasteiger partial charge on any atom is -0.325 e. The Bertz CT molecular complexity index is 115. The lowest BCUT2D eigenvalue weighted by Gasteiger charge is -2.56. The SMILES string of the molecule is CC(C)CC1(C)C[CH-]C1C. The monoisotopic (exact) mass is 139 g/mol. The molecule has 1 aliphatic carbocycles. The molecule has 0 aromatic heterocycles. The Kier molecular flexibility index (Phi) is 2.07. The van der Waals surface area contributed by atoms with Crippen molar-refractivity contribution < 1.29 is 0 Å². The van der Waals surface area contributed by atoms with Gasteiger partial charge in [-0.25, -0.2) is 0 Å². The van der Waals surface area contributed by atoms with Gasteiger partial charge in [0.1, 0.15) is 0 Å². The topological polar surface area (TPSA) is 0 Å². The molecule has 0 amide bonds. The molecule has 0 radical (unpaired) electrons. The minimum atomic E-state index is 0.647. The zero-order valence-electron chi connectivity index (χ0n) is 7.65. The Morgan fingerprint density at radius 1 is 1.60 bits per heavy atom. The number of rotatable bonds is 2. The van der Waals surface area contributed by atoms with Crippen molar-refractivity contribution in [1.82, 2.24) is 0 Å². The predicted octanol–water partition coefficient (Wildman–Crippen LogP) is 3.28. The molecule has 0 N–H and O–H groups in total. The third-order valence-corrected chi connectivity index (χ3v) is 2.91. The molecule has 2 unspecified atom stereocenters. The summed E-state index contributed by atoms with van der Waals surface area (Å²) < 4.78 is 0. The van der Waals surface area contributed by atoms with Crippen LogP contribution in [0.1, 0.15) is 40.5 Å². The van der Waals surface area contributed by atoms with Crippen molar-refractivity contribution in [3.05, 3.63) is 6.42 Å². The van der Waals surface area contributed by atoms with Crippen LogP contribution in [0.3, 0.4) is 0 Å². The summed E-state index contributed by atoms with van der Waals surface area (Å²) in [5.74, 6) is 1.72. The summed E-state index contributed by atoms with van der Waals surface area (Å²) in [6, 6.07) is 0. The van der Waals surface area contributed by atoms with Gasteiger partial charge >= 0.3 is 0 Å². The first kappa shape index (κ1) is 8.10. The van der Waals surface area contributed by atoms with Gasteiger partial charge in [0.25, 0.3) is 0 Å². The Morgan fingerprint density at radius 2 is 2.20 bits per heavy atom. The van der Waals surface area contributed by atoms with Gasteiger partial charge in [0, 0.05) is 0 Å². The summed E-state index contributed by atoms with van der Waals surface area (Å²) >= 11 is 0. The fraction of sp³-hybridized carbons (Fsp3) is 0.900. The van der Waals surface area contributed by atoms with Crippen molar-refractivity contribution in [1.29, 1.82) is 0 Å². The average Bonchev–Trinajstić information content (AvgIpc) is 1.84. The van der Waals surface area contributed by atoms with E-state index in [1.54, 1.807) is 0 Å². The highest BCUT2D eigenvalue weighted by atomic mass is 14.4. The second kappa shape index (κ2) is 2.56. The van der Waals surface area contributed by atoms with Crippen LogP contribution in [0.15, 0.2) is 0 Å². The lowest BCUT2D eigenvalue weighted by atomic mass is 9.59. The van der Waals surface area contributed by atoms with Gasteiger partial charge in [-0.15, -0.1) is 0 Å². The molecule has 2 atom stereocenters. The van der Waals surface area contributed by atoms with Crippen LogP contribution in [0.4, 0.5) is 0 Å². The maximum Gasteiger partial charge on any atom is -0.0468 e. The third-order valence-electron chi connectivity index (χ3n) is 2.91. The molecule has 0 nitrogen and oxygen atoms in total. The third kappa shape index (κ3) is 1.36. The summed E-state index contributed by atoms with van der Waals surface area (Å²) in [6.07, 6.45) is 5.17. The van der Waals surface area contributed by atoms with Crippen LogP contribution < -0.4 is 0 Å². The molecule has 60 valence electrons. The molecule has 0 aliphatic heterocycles. The van der Waals surface area contributed by atoms with E-state index in [1.807, 2.05) is 0 Å². The quantitative estimate of drug-likeness (QED) is 0.515. The second-order valence-electron chi connectivity index (χ2n) is 4.48. The van der Waals surface area contributed by atoms with Crippen LogP contribution in [0, 0.1) is 23.7 Å². The van der Waals surface area contributed by atoms with Crippen molar-refractivity contribution in [2.75, 3.05) is 0 Å². The summed E-state index contributed by atoms with van der Waals surface area (Å²) in [7, 11) is 0. The molecule has 0 aromatic rings. The second-order valence-corrected chi connectivity index (χ2v) is 4.48. The highest BCUT2D eigenvalue weighted by Crippen LogP contribution is 2.49. The van der Waals surface area contributed by atoms with E-state index in [1.165, 1.54) is 12.8 Å². The number of hydrogen-bond donors (Lipinski definition) is 0. The number of hydrogen-bond acceptors (Lipinski definition) is 0. The molecule has 0 heteroatoms. The van der Waals surface area contributed by atoms with Crippen LogP contribution in [-0.2, 0) is 0 Å². The van der Waals surface area contributed by atoms with Crippen molar-refractivity contribution >= 4 is 0 Å². The summed E-state index contributed by atoms with van der Waals surface area (Å²) in [5.41, 5.74) is 0.647. The smallest absolute Gasteiger partial charge is 0.0468 e. The fourth-order valence-corrected chi connectivity index (χ4v) is 1.96. The highest BCUT2D eigenvalue weighted by Gasteiger charge is 2.30. The first-order chi connectivity index (χ1) is 4.54. The fourth-order valence-electron chi connectivity index (χ4n) is 1.96. The highest BCUT2D eigenvalue weighted by molar-refractivity contribution is 5.02. The molecule has 0 bridgehead atoms. The van der Waals surface area contributed by atoms with Gasteiger partial charge < -0.3 is 6.42 Å². The Morgan fingerprint density at radius 3 is 2.30 bits per heavy atom. The van der Waals surface area contributed by atoms with Crippen molar-refractivity contribution in [2.45, 2.75) is 40.5 Å². The molecule has 0 spiro atoms.